The van der Waals surface area contributed by atoms with E-state index in [0.717, 1.165) is 12.8 Å². The molecule has 2 rings (SSSR count). The maximum absolute atomic E-state index is 12.0. The molecule has 1 unspecified atom stereocenters. The van der Waals surface area contributed by atoms with E-state index in [1.165, 1.54) is 18.2 Å². The number of hydrogen-bond acceptors (Lipinski definition) is 4. The van der Waals surface area contributed by atoms with Crippen molar-refractivity contribution >= 4 is 17.6 Å². The zero-order chi connectivity index (χ0) is 13.8. The summed E-state index contributed by atoms with van der Waals surface area (Å²) < 4.78 is 5.22. The van der Waals surface area contributed by atoms with Crippen LogP contribution in [-0.2, 0) is 9.53 Å². The molecule has 1 heterocycles. The summed E-state index contributed by atoms with van der Waals surface area (Å²) in [5.41, 5.74) is 0.114. The minimum Gasteiger partial charge on any atom is -0.506 e. The number of hydrogen-bond donors (Lipinski definition) is 3. The number of phenols is 1. The molecule has 3 N–H and O–H groups in total. The van der Waals surface area contributed by atoms with Gasteiger partial charge in [0.1, 0.15) is 5.75 Å². The average molecular weight is 265 g/mol. The van der Waals surface area contributed by atoms with E-state index >= 15 is 0 Å². The van der Waals surface area contributed by atoms with Crippen LogP contribution >= 0.6 is 0 Å². The molecule has 6 heteroatoms. The fourth-order valence-electron chi connectivity index (χ4n) is 1.95. The van der Waals surface area contributed by atoms with Crippen molar-refractivity contribution in [2.75, 3.05) is 18.5 Å². The van der Waals surface area contributed by atoms with Gasteiger partial charge in [0.2, 0.25) is 5.91 Å². The number of ether oxygens (including phenoxy) is 1. The van der Waals surface area contributed by atoms with Crippen molar-refractivity contribution in [3.8, 4) is 5.75 Å². The maximum Gasteiger partial charge on any atom is 0.335 e. The molecule has 0 bridgehead atoms. The van der Waals surface area contributed by atoms with Gasteiger partial charge in [-0.3, -0.25) is 4.79 Å². The van der Waals surface area contributed by atoms with Crippen molar-refractivity contribution in [3.63, 3.8) is 0 Å². The summed E-state index contributed by atoms with van der Waals surface area (Å²) in [5, 5.41) is 21.0. The van der Waals surface area contributed by atoms with Crippen LogP contribution < -0.4 is 5.32 Å². The van der Waals surface area contributed by atoms with Gasteiger partial charge >= 0.3 is 5.97 Å². The van der Waals surface area contributed by atoms with E-state index in [1.54, 1.807) is 0 Å². The van der Waals surface area contributed by atoms with E-state index in [9.17, 15) is 14.7 Å². The summed E-state index contributed by atoms with van der Waals surface area (Å²) in [6.45, 7) is 1.01. The Morgan fingerprint density at radius 3 is 2.79 bits per heavy atom. The summed E-state index contributed by atoms with van der Waals surface area (Å²) in [6.07, 6.45) is 1.55. The number of carbonyl (C=O) groups excluding carboxylic acids is 1. The molecule has 1 amide bonds. The highest BCUT2D eigenvalue weighted by Gasteiger charge is 2.22. The number of phenolic OH excluding ortho intramolecular Hbond substituents is 1. The molecule has 0 aromatic heterocycles. The first-order valence-electron chi connectivity index (χ1n) is 6.03. The van der Waals surface area contributed by atoms with Crippen molar-refractivity contribution in [2.45, 2.75) is 12.8 Å². The van der Waals surface area contributed by atoms with Gasteiger partial charge in [-0.05, 0) is 31.0 Å². The summed E-state index contributed by atoms with van der Waals surface area (Å²) in [6, 6.07) is 3.76. The third-order valence-electron chi connectivity index (χ3n) is 3.03. The Bertz CT molecular complexity index is 494. The summed E-state index contributed by atoms with van der Waals surface area (Å²) in [4.78, 5) is 22.8. The highest BCUT2D eigenvalue weighted by molar-refractivity contribution is 5.96. The van der Waals surface area contributed by atoms with Crippen LogP contribution in [0.25, 0.3) is 0 Å². The smallest absolute Gasteiger partial charge is 0.335 e. The van der Waals surface area contributed by atoms with E-state index in [2.05, 4.69) is 5.32 Å². The molecule has 0 saturated carbocycles. The van der Waals surface area contributed by atoms with Crippen molar-refractivity contribution in [3.05, 3.63) is 23.8 Å². The lowest BCUT2D eigenvalue weighted by atomic mass is 10.0. The highest BCUT2D eigenvalue weighted by Crippen LogP contribution is 2.25. The number of nitrogens with one attached hydrogen (secondary N) is 1. The number of carbonyl (C=O) groups is 2. The van der Waals surface area contributed by atoms with Crippen molar-refractivity contribution in [2.24, 2.45) is 5.92 Å². The molecule has 1 aromatic carbocycles. The van der Waals surface area contributed by atoms with Gasteiger partial charge in [-0.25, -0.2) is 4.79 Å². The first kappa shape index (κ1) is 13.4. The third kappa shape index (κ3) is 3.23. The van der Waals surface area contributed by atoms with E-state index in [-0.39, 0.29) is 28.8 Å². The molecular formula is C13H15NO5. The van der Waals surface area contributed by atoms with Crippen LogP contribution in [0.5, 0.6) is 5.75 Å². The highest BCUT2D eigenvalue weighted by atomic mass is 16.5. The number of carboxylic acids is 1. The number of anilines is 1. The summed E-state index contributed by atoms with van der Waals surface area (Å²) >= 11 is 0. The largest absolute Gasteiger partial charge is 0.506 e. The van der Waals surface area contributed by atoms with Crippen LogP contribution in [-0.4, -0.2) is 35.3 Å². The quantitative estimate of drug-likeness (QED) is 0.719. The van der Waals surface area contributed by atoms with Crippen LogP contribution in [0, 0.1) is 5.92 Å². The van der Waals surface area contributed by atoms with Gasteiger partial charge in [-0.2, -0.15) is 0 Å². The number of carboxylic acid groups (broad SMARTS) is 1. The first-order chi connectivity index (χ1) is 9.08. The number of rotatable bonds is 3. The fraction of sp³-hybridized carbons (Fsp3) is 0.385. The molecular weight excluding hydrogens is 250 g/mol. The van der Waals surface area contributed by atoms with Gasteiger partial charge in [0.15, 0.2) is 0 Å². The molecule has 0 radical (unpaired) electrons. The van der Waals surface area contributed by atoms with Crippen molar-refractivity contribution in [1.29, 1.82) is 0 Å². The zero-order valence-corrected chi connectivity index (χ0v) is 10.3. The second kappa shape index (κ2) is 5.71. The van der Waals surface area contributed by atoms with E-state index in [0.29, 0.717) is 13.2 Å². The predicted molar refractivity (Wildman–Crippen MR) is 67.2 cm³/mol. The standard InChI is InChI=1S/C13H15NO5/c15-11-4-3-8(13(17)18)6-10(11)14-12(16)9-2-1-5-19-7-9/h3-4,6,9,15H,1-2,5,7H2,(H,14,16)(H,17,18). The fourth-order valence-corrected chi connectivity index (χ4v) is 1.95. The van der Waals surface area contributed by atoms with Gasteiger partial charge in [0, 0.05) is 6.61 Å². The van der Waals surface area contributed by atoms with Gasteiger partial charge in [0.05, 0.1) is 23.8 Å². The molecule has 1 aliphatic heterocycles. The molecule has 19 heavy (non-hydrogen) atoms. The van der Waals surface area contributed by atoms with Crippen LogP contribution in [0.4, 0.5) is 5.69 Å². The minimum absolute atomic E-state index is 0.00740. The van der Waals surface area contributed by atoms with Gasteiger partial charge < -0.3 is 20.3 Å². The van der Waals surface area contributed by atoms with E-state index < -0.39 is 5.97 Å². The predicted octanol–water partition coefficient (Wildman–Crippen LogP) is 1.46. The second-order valence-electron chi connectivity index (χ2n) is 4.44. The van der Waals surface area contributed by atoms with Gasteiger partial charge in [0.25, 0.3) is 0 Å². The second-order valence-corrected chi connectivity index (χ2v) is 4.44. The Balaban J connectivity index is 2.11. The zero-order valence-electron chi connectivity index (χ0n) is 10.3. The lowest BCUT2D eigenvalue weighted by Crippen LogP contribution is -2.30. The SMILES string of the molecule is O=C(O)c1ccc(O)c(NC(=O)C2CCCOC2)c1. The number of aromatic hydroxyl groups is 1. The first-order valence-corrected chi connectivity index (χ1v) is 6.03. The maximum atomic E-state index is 12.0. The van der Waals surface area contributed by atoms with Crippen LogP contribution in [0.15, 0.2) is 18.2 Å². The normalized spacial score (nSPS) is 18.8. The molecule has 0 spiro atoms. The molecule has 102 valence electrons. The van der Waals surface area contributed by atoms with Crippen molar-refractivity contribution < 1.29 is 24.5 Å². The third-order valence-corrected chi connectivity index (χ3v) is 3.03. The molecule has 1 fully saturated rings. The topological polar surface area (TPSA) is 95.9 Å². The van der Waals surface area contributed by atoms with Gasteiger partial charge in [-0.1, -0.05) is 0 Å². The Morgan fingerprint density at radius 2 is 2.16 bits per heavy atom. The van der Waals surface area contributed by atoms with Gasteiger partial charge in [-0.15, -0.1) is 0 Å². The Kier molecular flexibility index (Phi) is 4.01. The minimum atomic E-state index is -1.11. The lowest BCUT2D eigenvalue weighted by molar-refractivity contribution is -0.123. The number of benzene rings is 1. The van der Waals surface area contributed by atoms with Crippen LogP contribution in [0.3, 0.4) is 0 Å². The molecule has 1 atom stereocenters. The number of aromatic carboxylic acids is 1. The average Bonchev–Trinajstić information content (AvgIpc) is 2.42. The lowest BCUT2D eigenvalue weighted by Gasteiger charge is -2.21. The van der Waals surface area contributed by atoms with Crippen molar-refractivity contribution in [1.82, 2.24) is 0 Å². The summed E-state index contributed by atoms with van der Waals surface area (Å²) in [7, 11) is 0. The van der Waals surface area contributed by atoms with Crippen LogP contribution in [0.2, 0.25) is 0 Å². The summed E-state index contributed by atoms with van der Waals surface area (Å²) in [5.74, 6) is -1.80. The Hall–Kier alpha value is -2.08. The Labute approximate surface area is 110 Å². The van der Waals surface area contributed by atoms with Crippen LogP contribution in [0.1, 0.15) is 23.2 Å². The Morgan fingerprint density at radius 1 is 1.37 bits per heavy atom. The molecule has 6 nitrogen and oxygen atoms in total. The molecule has 1 aliphatic rings. The molecule has 0 aliphatic carbocycles. The molecule has 1 saturated heterocycles. The van der Waals surface area contributed by atoms with E-state index in [4.69, 9.17) is 9.84 Å². The number of amides is 1. The monoisotopic (exact) mass is 265 g/mol. The molecule has 1 aromatic rings. The van der Waals surface area contributed by atoms with E-state index in [1.807, 2.05) is 0 Å².